The lowest BCUT2D eigenvalue weighted by molar-refractivity contribution is 0.0744. The van der Waals surface area contributed by atoms with Crippen molar-refractivity contribution < 1.29 is 19.0 Å². The van der Waals surface area contributed by atoms with E-state index < -0.39 is 6.09 Å². The summed E-state index contributed by atoms with van der Waals surface area (Å²) in [6.07, 6.45) is -0.333. The summed E-state index contributed by atoms with van der Waals surface area (Å²) in [5, 5.41) is 2.58. The quantitative estimate of drug-likeness (QED) is 0.835. The fourth-order valence-electron chi connectivity index (χ4n) is 1.59. The molecule has 5 heteroatoms. The Balaban J connectivity index is 1.97. The highest BCUT2D eigenvalue weighted by molar-refractivity contribution is 5.84. The van der Waals surface area contributed by atoms with Gasteiger partial charge in [0.25, 0.3) is 0 Å². The van der Waals surface area contributed by atoms with Crippen molar-refractivity contribution in [3.63, 3.8) is 0 Å². The second-order valence-corrected chi connectivity index (χ2v) is 4.67. The van der Waals surface area contributed by atoms with Gasteiger partial charge in [0.1, 0.15) is 17.5 Å². The number of amides is 1. The van der Waals surface area contributed by atoms with E-state index in [1.165, 1.54) is 7.11 Å². The van der Waals surface area contributed by atoms with E-state index in [1.54, 1.807) is 24.3 Å². The fourth-order valence-corrected chi connectivity index (χ4v) is 1.59. The lowest BCUT2D eigenvalue weighted by Crippen LogP contribution is -2.34. The van der Waals surface area contributed by atoms with Crippen LogP contribution >= 0.6 is 0 Å². The molecule has 2 rings (SSSR count). The highest BCUT2D eigenvalue weighted by atomic mass is 16.6. The van der Waals surface area contributed by atoms with E-state index in [2.05, 4.69) is 10.1 Å². The van der Waals surface area contributed by atoms with Crippen molar-refractivity contribution in [2.75, 3.05) is 19.0 Å². The predicted molar refractivity (Wildman–Crippen MR) is 66.9 cm³/mol. The molecule has 1 aromatic rings. The Morgan fingerprint density at radius 1 is 1.39 bits per heavy atom. The van der Waals surface area contributed by atoms with Gasteiger partial charge in [0, 0.05) is 5.69 Å². The molecular formula is C13H17NO4. The highest BCUT2D eigenvalue weighted by Crippen LogP contribution is 2.29. The van der Waals surface area contributed by atoms with Crippen LogP contribution in [0.25, 0.3) is 0 Å². The second kappa shape index (κ2) is 4.86. The van der Waals surface area contributed by atoms with Crippen molar-refractivity contribution in [1.29, 1.82) is 0 Å². The number of rotatable bonds is 4. The average molecular weight is 251 g/mol. The first-order valence-corrected chi connectivity index (χ1v) is 5.77. The zero-order valence-electron chi connectivity index (χ0n) is 10.7. The molecule has 1 unspecified atom stereocenters. The zero-order valence-corrected chi connectivity index (χ0v) is 10.7. The summed E-state index contributed by atoms with van der Waals surface area (Å²) in [6, 6.07) is 7.12. The van der Waals surface area contributed by atoms with Crippen LogP contribution in [0.4, 0.5) is 10.5 Å². The van der Waals surface area contributed by atoms with Crippen LogP contribution in [0.3, 0.4) is 0 Å². The van der Waals surface area contributed by atoms with Crippen LogP contribution in [0.5, 0.6) is 5.75 Å². The number of carbonyl (C=O) groups excluding carboxylic acids is 1. The summed E-state index contributed by atoms with van der Waals surface area (Å²) in [6.45, 7) is 4.73. The average Bonchev–Trinajstić information content (AvgIpc) is 3.15. The molecule has 5 nitrogen and oxygen atoms in total. The molecule has 98 valence electrons. The van der Waals surface area contributed by atoms with Gasteiger partial charge in [-0.25, -0.2) is 4.79 Å². The van der Waals surface area contributed by atoms with E-state index in [4.69, 9.17) is 9.47 Å². The second-order valence-electron chi connectivity index (χ2n) is 4.67. The third kappa shape index (κ3) is 3.13. The van der Waals surface area contributed by atoms with E-state index in [-0.39, 0.29) is 11.7 Å². The smallest absolute Gasteiger partial charge is 0.411 e. The fraction of sp³-hybridized carbons (Fsp3) is 0.462. The van der Waals surface area contributed by atoms with Crippen LogP contribution in [0.2, 0.25) is 0 Å². The van der Waals surface area contributed by atoms with Crippen molar-refractivity contribution in [3.05, 3.63) is 24.3 Å². The van der Waals surface area contributed by atoms with Crippen LogP contribution in [-0.4, -0.2) is 31.5 Å². The maximum atomic E-state index is 11.0. The third-order valence-corrected chi connectivity index (χ3v) is 2.78. The monoisotopic (exact) mass is 251 g/mol. The number of nitrogens with one attached hydrogen (secondary N) is 1. The zero-order chi connectivity index (χ0) is 13.2. The molecule has 1 N–H and O–H groups in total. The van der Waals surface area contributed by atoms with Gasteiger partial charge in [0.15, 0.2) is 0 Å². The van der Waals surface area contributed by atoms with Crippen LogP contribution < -0.4 is 10.1 Å². The first kappa shape index (κ1) is 12.7. The third-order valence-electron chi connectivity index (χ3n) is 2.78. The Labute approximate surface area is 106 Å². The molecule has 18 heavy (non-hydrogen) atoms. The van der Waals surface area contributed by atoms with Crippen molar-refractivity contribution in [2.45, 2.75) is 25.6 Å². The van der Waals surface area contributed by atoms with Crippen molar-refractivity contribution in [1.82, 2.24) is 0 Å². The summed E-state index contributed by atoms with van der Waals surface area (Å²) in [7, 11) is 1.32. The largest absolute Gasteiger partial charge is 0.485 e. The minimum Gasteiger partial charge on any atom is -0.485 e. The van der Waals surface area contributed by atoms with Gasteiger partial charge in [-0.05, 0) is 38.1 Å². The summed E-state index contributed by atoms with van der Waals surface area (Å²) in [4.78, 5) is 11.0. The summed E-state index contributed by atoms with van der Waals surface area (Å²) in [5.41, 5.74) is 0.326. The van der Waals surface area contributed by atoms with Gasteiger partial charge >= 0.3 is 6.09 Å². The molecule has 0 saturated carbocycles. The number of hydrogen-bond donors (Lipinski definition) is 1. The summed E-state index contributed by atoms with van der Waals surface area (Å²) >= 11 is 0. The lowest BCUT2D eigenvalue weighted by atomic mass is 10.1. The number of methoxy groups -OCH3 is 1. The maximum Gasteiger partial charge on any atom is 0.411 e. The van der Waals surface area contributed by atoms with Gasteiger partial charge in [0.05, 0.1) is 13.7 Å². The minimum atomic E-state index is -0.490. The molecule has 0 aromatic heterocycles. The van der Waals surface area contributed by atoms with Gasteiger partial charge in [-0.1, -0.05) is 0 Å². The van der Waals surface area contributed by atoms with Crippen LogP contribution in [0, 0.1) is 0 Å². The van der Waals surface area contributed by atoms with Crippen LogP contribution in [0.15, 0.2) is 24.3 Å². The molecule has 0 radical (unpaired) electrons. The lowest BCUT2D eigenvalue weighted by Gasteiger charge is -2.24. The van der Waals surface area contributed by atoms with E-state index in [0.29, 0.717) is 5.69 Å². The minimum absolute atomic E-state index is 0.158. The topological polar surface area (TPSA) is 60.1 Å². The predicted octanol–water partition coefficient (Wildman–Crippen LogP) is 2.42. The molecule has 1 heterocycles. The van der Waals surface area contributed by atoms with Crippen molar-refractivity contribution in [3.8, 4) is 5.75 Å². The molecule has 1 fully saturated rings. The summed E-state index contributed by atoms with van der Waals surface area (Å²) in [5.74, 6) is 0.742. The van der Waals surface area contributed by atoms with Crippen LogP contribution in [0.1, 0.15) is 13.8 Å². The first-order chi connectivity index (χ1) is 8.51. The molecule has 0 bridgehead atoms. The van der Waals surface area contributed by atoms with Gasteiger partial charge in [0.2, 0.25) is 0 Å². The Morgan fingerprint density at radius 2 is 2.00 bits per heavy atom. The van der Waals surface area contributed by atoms with Crippen molar-refractivity contribution in [2.24, 2.45) is 0 Å². The van der Waals surface area contributed by atoms with E-state index >= 15 is 0 Å². The van der Waals surface area contributed by atoms with Crippen LogP contribution in [-0.2, 0) is 9.47 Å². The van der Waals surface area contributed by atoms with E-state index in [9.17, 15) is 4.79 Å². The maximum absolute atomic E-state index is 11.0. The van der Waals surface area contributed by atoms with Gasteiger partial charge in [-0.2, -0.15) is 0 Å². The molecule has 1 aromatic carbocycles. The Morgan fingerprint density at radius 3 is 2.50 bits per heavy atom. The molecule has 1 aliphatic rings. The standard InChI is InChI=1S/C13H17NO4/c1-13(2,11-8-17-11)18-10-6-4-9(5-7-10)14-12(15)16-3/h4-7,11H,8H2,1-3H3,(H,14,15). The van der Waals surface area contributed by atoms with Gasteiger partial charge < -0.3 is 14.2 Å². The molecule has 1 amide bonds. The molecule has 1 aliphatic heterocycles. The normalized spacial score (nSPS) is 18.1. The number of benzene rings is 1. The molecule has 0 spiro atoms. The molecule has 0 aliphatic carbocycles. The van der Waals surface area contributed by atoms with E-state index in [0.717, 1.165) is 12.4 Å². The number of anilines is 1. The molecule has 1 atom stereocenters. The van der Waals surface area contributed by atoms with Gasteiger partial charge in [-0.15, -0.1) is 0 Å². The van der Waals surface area contributed by atoms with Crippen molar-refractivity contribution >= 4 is 11.8 Å². The van der Waals surface area contributed by atoms with Gasteiger partial charge in [-0.3, -0.25) is 5.32 Å². The molecular weight excluding hydrogens is 234 g/mol. The molecule has 1 saturated heterocycles. The number of ether oxygens (including phenoxy) is 3. The number of hydrogen-bond acceptors (Lipinski definition) is 4. The number of carbonyl (C=O) groups is 1. The first-order valence-electron chi connectivity index (χ1n) is 5.77. The highest BCUT2D eigenvalue weighted by Gasteiger charge is 2.41. The summed E-state index contributed by atoms with van der Waals surface area (Å²) < 4.78 is 15.6. The number of epoxide rings is 1. The Hall–Kier alpha value is -1.75. The Bertz CT molecular complexity index is 423. The SMILES string of the molecule is COC(=O)Nc1ccc(OC(C)(C)C2CO2)cc1. The Kier molecular flexibility index (Phi) is 3.43. The van der Waals surface area contributed by atoms with E-state index in [1.807, 2.05) is 13.8 Å².